The lowest BCUT2D eigenvalue weighted by Gasteiger charge is -2.29. The van der Waals surface area contributed by atoms with E-state index in [1.165, 1.54) is 15.3 Å². The number of halogens is 2. The number of hydrogen-bond acceptors (Lipinski definition) is 4. The molecule has 0 saturated heterocycles. The molecule has 34 heavy (non-hydrogen) atoms. The Bertz CT molecular complexity index is 1200. The quantitative estimate of drug-likeness (QED) is 0.405. The predicted molar refractivity (Wildman–Crippen MR) is 130 cm³/mol. The van der Waals surface area contributed by atoms with Crippen LogP contribution in [0.15, 0.2) is 53.3 Å². The number of ether oxygens (including phenoxy) is 1. The molecule has 180 valence electrons. The molecule has 1 aliphatic rings. The van der Waals surface area contributed by atoms with Crippen LogP contribution in [0.3, 0.4) is 0 Å². The Morgan fingerprint density at radius 1 is 1.18 bits per heavy atom. The molecule has 6 nitrogen and oxygen atoms in total. The summed E-state index contributed by atoms with van der Waals surface area (Å²) in [6, 6.07) is 13.8. The minimum absolute atomic E-state index is 0.0659. The summed E-state index contributed by atoms with van der Waals surface area (Å²) in [5.74, 6) is 0.153. The van der Waals surface area contributed by atoms with Gasteiger partial charge in [-0.25, -0.2) is 13.9 Å². The summed E-state index contributed by atoms with van der Waals surface area (Å²) in [5, 5.41) is 5.05. The lowest BCUT2D eigenvalue weighted by Crippen LogP contribution is -2.30. The highest BCUT2D eigenvalue weighted by Gasteiger charge is 2.36. The van der Waals surface area contributed by atoms with Gasteiger partial charge in [0.05, 0.1) is 13.2 Å². The van der Waals surface area contributed by atoms with Crippen molar-refractivity contribution in [1.82, 2.24) is 14.3 Å². The number of carbonyl (C=O) groups is 1. The van der Waals surface area contributed by atoms with Crippen LogP contribution in [0.4, 0.5) is 4.39 Å². The Balaban J connectivity index is 1.52. The van der Waals surface area contributed by atoms with Gasteiger partial charge >= 0.3 is 5.69 Å². The summed E-state index contributed by atoms with van der Waals surface area (Å²) >= 11 is 6.00. The van der Waals surface area contributed by atoms with Crippen LogP contribution in [-0.4, -0.2) is 33.8 Å². The van der Waals surface area contributed by atoms with E-state index < -0.39 is 0 Å². The van der Waals surface area contributed by atoms with Gasteiger partial charge in [0.15, 0.2) is 11.6 Å². The zero-order chi connectivity index (χ0) is 24.1. The summed E-state index contributed by atoms with van der Waals surface area (Å²) < 4.78 is 21.8. The number of hydrogen-bond donors (Lipinski definition) is 0. The maximum absolute atomic E-state index is 13.9. The van der Waals surface area contributed by atoms with Crippen LogP contribution in [0.5, 0.6) is 0 Å². The Hall–Kier alpha value is -2.77. The molecule has 0 spiro atoms. The molecule has 1 aromatic heterocycles. The molecule has 2 aromatic carbocycles. The number of rotatable bonds is 10. The summed E-state index contributed by atoms with van der Waals surface area (Å²) in [6.45, 7) is 0.569. The number of nitrogens with zero attached hydrogens (tertiary/aromatic N) is 3. The van der Waals surface area contributed by atoms with E-state index >= 15 is 0 Å². The molecule has 0 atom stereocenters. The molecule has 8 heteroatoms. The molecule has 0 amide bonds. The third-order valence-corrected chi connectivity index (χ3v) is 7.00. The van der Waals surface area contributed by atoms with E-state index in [0.717, 1.165) is 36.8 Å². The van der Waals surface area contributed by atoms with Crippen LogP contribution in [-0.2, 0) is 28.0 Å². The molecule has 4 rings (SSSR count). The Labute approximate surface area is 203 Å². The fraction of sp³-hybridized carbons (Fsp3) is 0.423. The van der Waals surface area contributed by atoms with Crippen molar-refractivity contribution in [2.45, 2.75) is 57.0 Å². The number of ketones is 1. The standard InChI is InChI=1S/C26H29ClFN3O3/c1-34-16-15-30-24(19-7-9-21(27)10-8-19)29-31(25(30)33)18-23(32)11-14-26(12-2-3-13-26)20-5-4-6-22(28)17-20/h4-10,17H,2-3,11-16,18H2,1H3. The highest BCUT2D eigenvalue weighted by molar-refractivity contribution is 6.30. The molecule has 1 fully saturated rings. The van der Waals surface area contributed by atoms with Crippen molar-refractivity contribution in [2.75, 3.05) is 13.7 Å². The summed E-state index contributed by atoms with van der Waals surface area (Å²) in [4.78, 5) is 26.0. The summed E-state index contributed by atoms with van der Waals surface area (Å²) in [5.41, 5.74) is 1.16. The van der Waals surface area contributed by atoms with Gasteiger partial charge in [0, 0.05) is 24.1 Å². The van der Waals surface area contributed by atoms with E-state index in [9.17, 15) is 14.0 Å². The first-order chi connectivity index (χ1) is 16.4. The minimum Gasteiger partial charge on any atom is -0.383 e. The number of carbonyl (C=O) groups excluding carboxylic acids is 1. The topological polar surface area (TPSA) is 66.1 Å². The first kappa shape index (κ1) is 24.4. The molecule has 0 bridgehead atoms. The first-order valence-corrected chi connectivity index (χ1v) is 12.0. The normalized spacial score (nSPS) is 15.0. The molecule has 1 aliphatic carbocycles. The number of methoxy groups -OCH3 is 1. The number of Topliss-reactive ketones (excluding diaryl/α,β-unsaturated/α-hetero) is 1. The Kier molecular flexibility index (Phi) is 7.63. The molecule has 0 radical (unpaired) electrons. The van der Waals surface area contributed by atoms with E-state index in [0.29, 0.717) is 36.8 Å². The maximum Gasteiger partial charge on any atom is 0.346 e. The number of aromatic nitrogens is 3. The average molecular weight is 486 g/mol. The second-order valence-corrected chi connectivity index (χ2v) is 9.39. The van der Waals surface area contributed by atoms with Crippen LogP contribution < -0.4 is 5.69 Å². The van der Waals surface area contributed by atoms with E-state index in [1.807, 2.05) is 6.07 Å². The van der Waals surface area contributed by atoms with Crippen LogP contribution in [0.1, 0.15) is 44.1 Å². The van der Waals surface area contributed by atoms with Crippen molar-refractivity contribution in [3.63, 3.8) is 0 Å². The Morgan fingerprint density at radius 3 is 2.59 bits per heavy atom. The summed E-state index contributed by atoms with van der Waals surface area (Å²) in [7, 11) is 1.57. The van der Waals surface area contributed by atoms with Crippen molar-refractivity contribution >= 4 is 17.4 Å². The second kappa shape index (κ2) is 10.7. The largest absolute Gasteiger partial charge is 0.383 e. The van der Waals surface area contributed by atoms with E-state index in [-0.39, 0.29) is 29.2 Å². The Morgan fingerprint density at radius 2 is 1.91 bits per heavy atom. The second-order valence-electron chi connectivity index (χ2n) is 8.95. The SMILES string of the molecule is COCCn1c(-c2ccc(Cl)cc2)nn(CC(=O)CCC2(c3cccc(F)c3)CCCC2)c1=O. The molecule has 1 heterocycles. The third-order valence-electron chi connectivity index (χ3n) is 6.75. The van der Waals surface area contributed by atoms with Gasteiger partial charge in [-0.1, -0.05) is 36.6 Å². The maximum atomic E-state index is 13.9. The van der Waals surface area contributed by atoms with E-state index in [2.05, 4.69) is 5.10 Å². The van der Waals surface area contributed by atoms with Crippen molar-refractivity contribution in [3.8, 4) is 11.4 Å². The van der Waals surface area contributed by atoms with Gasteiger partial charge < -0.3 is 4.74 Å². The lowest BCUT2D eigenvalue weighted by molar-refractivity contribution is -0.120. The first-order valence-electron chi connectivity index (χ1n) is 11.6. The van der Waals surface area contributed by atoms with Gasteiger partial charge in [-0.05, 0) is 66.6 Å². The smallest absolute Gasteiger partial charge is 0.346 e. The van der Waals surface area contributed by atoms with Gasteiger partial charge in [-0.2, -0.15) is 0 Å². The average Bonchev–Trinajstić information content (AvgIpc) is 3.43. The van der Waals surface area contributed by atoms with Crippen molar-refractivity contribution in [1.29, 1.82) is 0 Å². The van der Waals surface area contributed by atoms with Gasteiger partial charge in [0.25, 0.3) is 0 Å². The summed E-state index contributed by atoms with van der Waals surface area (Å²) in [6.07, 6.45) is 4.96. The van der Waals surface area contributed by atoms with Gasteiger partial charge in [0.1, 0.15) is 12.4 Å². The third kappa shape index (κ3) is 5.31. The lowest BCUT2D eigenvalue weighted by atomic mass is 9.75. The van der Waals surface area contributed by atoms with Crippen LogP contribution in [0.25, 0.3) is 11.4 Å². The molecule has 1 saturated carbocycles. The van der Waals surface area contributed by atoms with Crippen LogP contribution >= 0.6 is 11.6 Å². The van der Waals surface area contributed by atoms with Crippen LogP contribution in [0, 0.1) is 5.82 Å². The molecule has 0 unspecified atom stereocenters. The fourth-order valence-electron chi connectivity index (χ4n) is 4.92. The zero-order valence-corrected chi connectivity index (χ0v) is 20.1. The van der Waals surface area contributed by atoms with Crippen molar-refractivity contribution < 1.29 is 13.9 Å². The van der Waals surface area contributed by atoms with Gasteiger partial charge in [-0.15, -0.1) is 5.10 Å². The fourth-order valence-corrected chi connectivity index (χ4v) is 5.04. The molecule has 3 aromatic rings. The molecule has 0 N–H and O–H groups in total. The monoisotopic (exact) mass is 485 g/mol. The highest BCUT2D eigenvalue weighted by atomic mass is 35.5. The minimum atomic E-state index is -0.351. The molecule has 0 aliphatic heterocycles. The highest BCUT2D eigenvalue weighted by Crippen LogP contribution is 2.44. The van der Waals surface area contributed by atoms with Gasteiger partial charge in [-0.3, -0.25) is 9.36 Å². The number of benzene rings is 2. The molecular formula is C26H29ClFN3O3. The van der Waals surface area contributed by atoms with Crippen molar-refractivity contribution in [2.24, 2.45) is 0 Å². The van der Waals surface area contributed by atoms with Gasteiger partial charge in [0.2, 0.25) is 0 Å². The predicted octanol–water partition coefficient (Wildman–Crippen LogP) is 5.01. The van der Waals surface area contributed by atoms with E-state index in [1.54, 1.807) is 43.5 Å². The van der Waals surface area contributed by atoms with Crippen molar-refractivity contribution in [3.05, 3.63) is 75.4 Å². The zero-order valence-electron chi connectivity index (χ0n) is 19.3. The van der Waals surface area contributed by atoms with E-state index in [4.69, 9.17) is 16.3 Å². The molecular weight excluding hydrogens is 457 g/mol. The van der Waals surface area contributed by atoms with Crippen LogP contribution in [0.2, 0.25) is 5.02 Å².